The Bertz CT molecular complexity index is 235. The van der Waals surface area contributed by atoms with Gasteiger partial charge in [0, 0.05) is 19.6 Å². The molecule has 1 aliphatic heterocycles. The Kier molecular flexibility index (Phi) is 3.17. The van der Waals surface area contributed by atoms with Crippen molar-refractivity contribution in [3.05, 3.63) is 0 Å². The van der Waals surface area contributed by atoms with Crippen LogP contribution in [0, 0.1) is 17.8 Å². The summed E-state index contributed by atoms with van der Waals surface area (Å²) >= 11 is 0. The van der Waals surface area contributed by atoms with E-state index in [9.17, 15) is 0 Å². The number of nitrogens with zero attached hydrogens (tertiary/aromatic N) is 2. The summed E-state index contributed by atoms with van der Waals surface area (Å²) in [6.45, 7) is 7.51. The van der Waals surface area contributed by atoms with E-state index in [0.717, 1.165) is 37.4 Å². The van der Waals surface area contributed by atoms with Crippen molar-refractivity contribution >= 4 is 5.96 Å². The van der Waals surface area contributed by atoms with Crippen molar-refractivity contribution < 1.29 is 0 Å². The molecule has 1 saturated carbocycles. The minimum atomic E-state index is 0.602. The van der Waals surface area contributed by atoms with Crippen molar-refractivity contribution in [2.45, 2.75) is 33.1 Å². The Balaban J connectivity index is 1.87. The molecule has 1 saturated heterocycles. The van der Waals surface area contributed by atoms with E-state index in [1.807, 2.05) is 0 Å². The van der Waals surface area contributed by atoms with Gasteiger partial charge >= 0.3 is 0 Å². The average Bonchev–Trinajstić information content (AvgIpc) is 2.72. The van der Waals surface area contributed by atoms with Crippen LogP contribution in [0.25, 0.3) is 0 Å². The Morgan fingerprint density at radius 2 is 1.93 bits per heavy atom. The third-order valence-corrected chi connectivity index (χ3v) is 3.67. The predicted octanol–water partition coefficient (Wildman–Crippen LogP) is 1.69. The maximum Gasteiger partial charge on any atom is 0.191 e. The van der Waals surface area contributed by atoms with E-state index in [4.69, 9.17) is 5.73 Å². The molecule has 2 aliphatic rings. The molecule has 1 heterocycles. The fraction of sp³-hybridized carbons (Fsp3) is 0.917. The van der Waals surface area contributed by atoms with Crippen LogP contribution in [0.2, 0.25) is 0 Å². The van der Waals surface area contributed by atoms with Crippen molar-refractivity contribution in [2.24, 2.45) is 28.5 Å². The quantitative estimate of drug-likeness (QED) is 0.555. The van der Waals surface area contributed by atoms with Crippen LogP contribution in [-0.4, -0.2) is 30.5 Å². The van der Waals surface area contributed by atoms with Gasteiger partial charge in [0.25, 0.3) is 0 Å². The second-order valence-electron chi connectivity index (χ2n) is 5.45. The molecule has 2 N–H and O–H groups in total. The molecule has 2 rings (SSSR count). The summed E-state index contributed by atoms with van der Waals surface area (Å²) in [6.07, 6.45) is 4.23. The van der Waals surface area contributed by atoms with E-state index in [2.05, 4.69) is 23.7 Å². The molecular formula is C12H23N3. The second-order valence-corrected chi connectivity index (χ2v) is 5.45. The Labute approximate surface area is 92.7 Å². The number of fused-ring (bicyclic) bond motifs is 1. The number of nitrogens with two attached hydrogens (primary N) is 1. The molecule has 1 aliphatic carbocycles. The van der Waals surface area contributed by atoms with Crippen LogP contribution in [0.3, 0.4) is 0 Å². The number of guanidine groups is 1. The predicted molar refractivity (Wildman–Crippen MR) is 63.7 cm³/mol. The van der Waals surface area contributed by atoms with Crippen molar-refractivity contribution in [3.8, 4) is 0 Å². The van der Waals surface area contributed by atoms with E-state index < -0.39 is 0 Å². The lowest BCUT2D eigenvalue weighted by Gasteiger charge is -2.18. The third-order valence-electron chi connectivity index (χ3n) is 3.67. The van der Waals surface area contributed by atoms with E-state index in [-0.39, 0.29) is 0 Å². The highest BCUT2D eigenvalue weighted by Crippen LogP contribution is 2.37. The molecule has 0 bridgehead atoms. The van der Waals surface area contributed by atoms with Crippen LogP contribution in [-0.2, 0) is 0 Å². The van der Waals surface area contributed by atoms with Crippen LogP contribution < -0.4 is 5.73 Å². The van der Waals surface area contributed by atoms with Gasteiger partial charge in [-0.3, -0.25) is 4.99 Å². The fourth-order valence-corrected chi connectivity index (χ4v) is 2.80. The molecule has 15 heavy (non-hydrogen) atoms. The molecule has 2 unspecified atom stereocenters. The van der Waals surface area contributed by atoms with Gasteiger partial charge in [0.1, 0.15) is 0 Å². The van der Waals surface area contributed by atoms with Crippen LogP contribution in [0.5, 0.6) is 0 Å². The van der Waals surface area contributed by atoms with Gasteiger partial charge in [0.05, 0.1) is 0 Å². The van der Waals surface area contributed by atoms with Crippen LogP contribution in [0.1, 0.15) is 33.1 Å². The highest BCUT2D eigenvalue weighted by Gasteiger charge is 2.36. The van der Waals surface area contributed by atoms with Gasteiger partial charge in [-0.25, -0.2) is 0 Å². The first-order valence-electron chi connectivity index (χ1n) is 6.21. The van der Waals surface area contributed by atoms with Gasteiger partial charge in [-0.1, -0.05) is 20.3 Å². The van der Waals surface area contributed by atoms with Crippen LogP contribution in [0.15, 0.2) is 4.99 Å². The van der Waals surface area contributed by atoms with Gasteiger partial charge in [0.15, 0.2) is 5.96 Å². The first kappa shape index (κ1) is 10.8. The molecule has 3 heteroatoms. The lowest BCUT2D eigenvalue weighted by atomic mass is 10.0. The minimum Gasteiger partial charge on any atom is -0.370 e. The molecule has 3 nitrogen and oxygen atoms in total. The zero-order chi connectivity index (χ0) is 10.8. The normalized spacial score (nSPS) is 31.4. The maximum absolute atomic E-state index is 6.01. The summed E-state index contributed by atoms with van der Waals surface area (Å²) in [4.78, 5) is 6.74. The molecule has 2 fully saturated rings. The van der Waals surface area contributed by atoms with Gasteiger partial charge in [-0.2, -0.15) is 0 Å². The first-order valence-corrected chi connectivity index (χ1v) is 6.21. The van der Waals surface area contributed by atoms with Gasteiger partial charge in [0.2, 0.25) is 0 Å². The zero-order valence-electron chi connectivity index (χ0n) is 9.95. The fourth-order valence-electron chi connectivity index (χ4n) is 2.80. The zero-order valence-corrected chi connectivity index (χ0v) is 9.95. The number of rotatable bonds is 2. The Hall–Kier alpha value is -0.730. The molecule has 86 valence electrons. The van der Waals surface area contributed by atoms with Crippen molar-refractivity contribution in [3.63, 3.8) is 0 Å². The lowest BCUT2D eigenvalue weighted by Crippen LogP contribution is -2.36. The smallest absolute Gasteiger partial charge is 0.191 e. The monoisotopic (exact) mass is 209 g/mol. The molecule has 0 aromatic heterocycles. The van der Waals surface area contributed by atoms with Gasteiger partial charge in [-0.15, -0.1) is 0 Å². The van der Waals surface area contributed by atoms with Gasteiger partial charge in [-0.05, 0) is 30.6 Å². The Morgan fingerprint density at radius 3 is 2.47 bits per heavy atom. The topological polar surface area (TPSA) is 41.6 Å². The summed E-state index contributed by atoms with van der Waals surface area (Å²) < 4.78 is 0. The van der Waals surface area contributed by atoms with E-state index in [1.54, 1.807) is 0 Å². The number of hydrogen-bond acceptors (Lipinski definition) is 1. The van der Waals surface area contributed by atoms with E-state index in [0.29, 0.717) is 5.92 Å². The maximum atomic E-state index is 6.01. The Morgan fingerprint density at radius 1 is 1.33 bits per heavy atom. The van der Waals surface area contributed by atoms with Crippen LogP contribution >= 0.6 is 0 Å². The molecular weight excluding hydrogens is 186 g/mol. The number of aliphatic imine (C=N–C) groups is 1. The second kappa shape index (κ2) is 4.42. The molecule has 0 aromatic rings. The number of likely N-dealkylation sites (tertiary alicyclic amines) is 1. The minimum absolute atomic E-state index is 0.602. The highest BCUT2D eigenvalue weighted by atomic mass is 15.3. The SMILES string of the molecule is CC(C)CN=C(N)N1CC2CCCC2C1. The molecule has 2 atom stereocenters. The molecule has 0 spiro atoms. The van der Waals surface area contributed by atoms with Crippen molar-refractivity contribution in [1.29, 1.82) is 0 Å². The summed E-state index contributed by atoms with van der Waals surface area (Å²) in [5.41, 5.74) is 6.01. The van der Waals surface area contributed by atoms with Crippen molar-refractivity contribution in [1.82, 2.24) is 4.90 Å². The third kappa shape index (κ3) is 2.44. The summed E-state index contributed by atoms with van der Waals surface area (Å²) in [5, 5.41) is 0. The van der Waals surface area contributed by atoms with E-state index in [1.165, 1.54) is 19.3 Å². The highest BCUT2D eigenvalue weighted by molar-refractivity contribution is 5.78. The van der Waals surface area contributed by atoms with Crippen molar-refractivity contribution in [2.75, 3.05) is 19.6 Å². The summed E-state index contributed by atoms with van der Waals surface area (Å²) in [5.74, 6) is 3.18. The molecule has 0 radical (unpaired) electrons. The number of hydrogen-bond donors (Lipinski definition) is 1. The largest absolute Gasteiger partial charge is 0.370 e. The average molecular weight is 209 g/mol. The molecule has 0 aromatic carbocycles. The summed E-state index contributed by atoms with van der Waals surface area (Å²) in [7, 11) is 0. The molecule has 0 amide bonds. The standard InChI is InChI=1S/C12H23N3/c1-9(2)6-14-12(13)15-7-10-4-3-5-11(10)8-15/h9-11H,3-8H2,1-2H3,(H2,13,14). The summed E-state index contributed by atoms with van der Waals surface area (Å²) in [6, 6.07) is 0. The first-order chi connectivity index (χ1) is 7.16. The van der Waals surface area contributed by atoms with E-state index >= 15 is 0 Å². The lowest BCUT2D eigenvalue weighted by molar-refractivity contribution is 0.456. The van der Waals surface area contributed by atoms with Gasteiger partial charge < -0.3 is 10.6 Å². The van der Waals surface area contributed by atoms with Crippen LogP contribution in [0.4, 0.5) is 0 Å².